The fraction of sp³-hybridized carbons (Fsp3) is 0.250. The molecule has 47 heavy (non-hydrogen) atoms. The minimum atomic E-state index is -2.98. The van der Waals surface area contributed by atoms with Crippen LogP contribution in [0.5, 0.6) is 51.7 Å². The molecule has 0 bridgehead atoms. The predicted molar refractivity (Wildman–Crippen MR) is 146 cm³/mol. The largest absolute Gasteiger partial charge is 0.504 e. The van der Waals surface area contributed by atoms with Gasteiger partial charge in [0.2, 0.25) is 0 Å². The zero-order valence-electron chi connectivity index (χ0n) is 23.4. The lowest BCUT2D eigenvalue weighted by Gasteiger charge is -2.47. The Bertz CT molecular complexity index is 1650. The molecule has 4 rings (SSSR count). The first-order chi connectivity index (χ1) is 22.0. The third kappa shape index (κ3) is 6.58. The highest BCUT2D eigenvalue weighted by atomic mass is 16.8. The van der Waals surface area contributed by atoms with Gasteiger partial charge in [-0.2, -0.15) is 0 Å². The van der Waals surface area contributed by atoms with Crippen LogP contribution in [0.2, 0.25) is 0 Å². The minimum Gasteiger partial charge on any atom is -0.504 e. The Morgan fingerprint density at radius 1 is 0.638 bits per heavy atom. The van der Waals surface area contributed by atoms with Crippen LogP contribution in [0.1, 0.15) is 31.1 Å². The van der Waals surface area contributed by atoms with Crippen LogP contribution in [0.25, 0.3) is 0 Å². The molecule has 0 radical (unpaired) electrons. The Balaban J connectivity index is 1.68. The van der Waals surface area contributed by atoms with E-state index in [-0.39, 0.29) is 0 Å². The van der Waals surface area contributed by atoms with Crippen LogP contribution in [-0.4, -0.2) is 123 Å². The molecule has 252 valence electrons. The van der Waals surface area contributed by atoms with Crippen molar-refractivity contribution in [2.45, 2.75) is 30.2 Å². The first kappa shape index (κ1) is 34.0. The lowest BCUT2D eigenvalue weighted by molar-refractivity contribution is -0.353. The third-order valence-corrected chi connectivity index (χ3v) is 6.85. The number of ether oxygens (including phenoxy) is 4. The molecule has 19 heteroatoms. The number of hydrogen-bond acceptors (Lipinski definition) is 19. The van der Waals surface area contributed by atoms with Crippen molar-refractivity contribution in [3.8, 4) is 51.7 Å². The maximum atomic E-state index is 13.0. The lowest BCUT2D eigenvalue weighted by atomic mass is 9.92. The number of hydrogen-bond donors (Lipinski definition) is 12. The Kier molecular flexibility index (Phi) is 9.29. The Hall–Kier alpha value is -5.89. The summed E-state index contributed by atoms with van der Waals surface area (Å²) in [5.41, 5.74) is -1.84. The second-order valence-electron chi connectivity index (χ2n) is 10.0. The van der Waals surface area contributed by atoms with E-state index in [0.29, 0.717) is 36.4 Å². The van der Waals surface area contributed by atoms with E-state index in [1.807, 2.05) is 0 Å². The van der Waals surface area contributed by atoms with Crippen molar-refractivity contribution < 1.29 is 94.6 Å². The monoisotopic (exact) mass is 666 g/mol. The van der Waals surface area contributed by atoms with Gasteiger partial charge in [-0.15, -0.1) is 0 Å². The van der Waals surface area contributed by atoms with E-state index in [1.54, 1.807) is 0 Å². The molecule has 0 spiro atoms. The molecule has 0 saturated carbocycles. The quantitative estimate of drug-likeness (QED) is 0.0786. The number of carbonyl (C=O) groups is 3. The van der Waals surface area contributed by atoms with E-state index in [9.17, 15) is 75.7 Å². The number of esters is 3. The highest BCUT2D eigenvalue weighted by molar-refractivity contribution is 5.92. The molecule has 3 aromatic carbocycles. The zero-order chi connectivity index (χ0) is 35.0. The van der Waals surface area contributed by atoms with E-state index in [0.717, 1.165) is 0 Å². The maximum Gasteiger partial charge on any atom is 0.341 e. The molecule has 12 N–H and O–H groups in total. The van der Waals surface area contributed by atoms with Crippen LogP contribution in [0.15, 0.2) is 36.4 Å². The average molecular weight is 666 g/mol. The second-order valence-corrected chi connectivity index (χ2v) is 10.0. The van der Waals surface area contributed by atoms with Crippen LogP contribution < -0.4 is 0 Å². The Morgan fingerprint density at radius 3 is 1.43 bits per heavy atom. The van der Waals surface area contributed by atoms with Crippen LogP contribution in [0.4, 0.5) is 0 Å². The summed E-state index contributed by atoms with van der Waals surface area (Å²) < 4.78 is 20.8. The van der Waals surface area contributed by atoms with Gasteiger partial charge in [0.25, 0.3) is 5.79 Å². The Morgan fingerprint density at radius 2 is 1.02 bits per heavy atom. The topological polar surface area (TPSA) is 331 Å². The Labute approximate surface area is 261 Å². The van der Waals surface area contributed by atoms with Crippen molar-refractivity contribution in [2.75, 3.05) is 13.2 Å². The summed E-state index contributed by atoms with van der Waals surface area (Å²) in [4.78, 5) is 38.5. The van der Waals surface area contributed by atoms with Gasteiger partial charge in [-0.05, 0) is 36.4 Å². The number of carbonyl (C=O) groups excluding carboxylic acids is 3. The molecule has 1 fully saturated rings. The smallest absolute Gasteiger partial charge is 0.341 e. The molecule has 5 atom stereocenters. The van der Waals surface area contributed by atoms with Crippen LogP contribution >= 0.6 is 0 Å². The van der Waals surface area contributed by atoms with Crippen molar-refractivity contribution in [1.82, 2.24) is 0 Å². The van der Waals surface area contributed by atoms with Gasteiger partial charge in [0, 0.05) is 0 Å². The van der Waals surface area contributed by atoms with Crippen LogP contribution in [-0.2, 0) is 18.9 Å². The van der Waals surface area contributed by atoms with E-state index in [4.69, 9.17) is 18.9 Å². The lowest BCUT2D eigenvalue weighted by Crippen LogP contribution is -2.69. The van der Waals surface area contributed by atoms with Gasteiger partial charge in [-0.25, -0.2) is 14.4 Å². The minimum absolute atomic E-state index is 0.523. The maximum absolute atomic E-state index is 13.0. The SMILES string of the molecule is O=C(OC[C@H]1O[C@@](CO)(OC(=O)c2cc(O)c(O)c(O)c2)[C@H](O)[C@@H](OC(=O)c2cc(O)c(O)c(O)c2)[C@@H]1O)c1cc(O)c(O)c(O)c1. The summed E-state index contributed by atoms with van der Waals surface area (Å²) in [5.74, 6) is -16.0. The highest BCUT2D eigenvalue weighted by Gasteiger charge is 2.58. The first-order valence-corrected chi connectivity index (χ1v) is 13.0. The highest BCUT2D eigenvalue weighted by Crippen LogP contribution is 2.40. The molecule has 0 aliphatic carbocycles. The zero-order valence-corrected chi connectivity index (χ0v) is 23.4. The van der Waals surface area contributed by atoms with Gasteiger partial charge in [0.1, 0.15) is 25.4 Å². The molecule has 19 nitrogen and oxygen atoms in total. The molecule has 0 amide bonds. The fourth-order valence-corrected chi connectivity index (χ4v) is 4.37. The first-order valence-electron chi connectivity index (χ1n) is 13.0. The summed E-state index contributed by atoms with van der Waals surface area (Å²) in [5, 5.41) is 119. The molecular weight excluding hydrogens is 640 g/mol. The molecule has 0 unspecified atom stereocenters. The van der Waals surface area contributed by atoms with Gasteiger partial charge in [-0.3, -0.25) is 0 Å². The van der Waals surface area contributed by atoms with Crippen molar-refractivity contribution in [3.63, 3.8) is 0 Å². The number of benzene rings is 3. The van der Waals surface area contributed by atoms with Crippen molar-refractivity contribution in [1.29, 1.82) is 0 Å². The standard InChI is InChI=1S/C28H26O19/c29-8-28(47-27(43)11-5-16(34)21(38)17(35)6-11)24(40)23(45-26(42)10-3-14(32)20(37)15(33)4-10)22(39)18(46-28)7-44-25(41)9-1-12(30)19(36)13(31)2-9/h1-6,18,22-24,29-40H,7-8H2/t18-,22-,23+,24-,28+/m1/s1. The van der Waals surface area contributed by atoms with Gasteiger partial charge in [-0.1, -0.05) is 0 Å². The fourth-order valence-electron chi connectivity index (χ4n) is 4.37. The molecule has 1 aliphatic heterocycles. The number of aliphatic hydroxyl groups excluding tert-OH is 3. The summed E-state index contributed by atoms with van der Waals surface area (Å²) in [7, 11) is 0. The molecular formula is C28H26O19. The summed E-state index contributed by atoms with van der Waals surface area (Å²) in [6.45, 7) is -2.49. The summed E-state index contributed by atoms with van der Waals surface area (Å²) >= 11 is 0. The normalized spacial score (nSPS) is 22.3. The second kappa shape index (κ2) is 12.8. The van der Waals surface area contributed by atoms with Gasteiger partial charge < -0.3 is 80.2 Å². The van der Waals surface area contributed by atoms with E-state index in [1.165, 1.54) is 0 Å². The number of aliphatic hydroxyl groups is 3. The van der Waals surface area contributed by atoms with Crippen LogP contribution in [0.3, 0.4) is 0 Å². The number of phenols is 9. The molecule has 1 aliphatic rings. The predicted octanol–water partition coefficient (Wildman–Crippen LogP) is -0.914. The summed E-state index contributed by atoms with van der Waals surface area (Å²) in [6, 6.07) is 3.93. The van der Waals surface area contributed by atoms with E-state index < -0.39 is 130 Å². The van der Waals surface area contributed by atoms with Crippen molar-refractivity contribution >= 4 is 17.9 Å². The van der Waals surface area contributed by atoms with E-state index in [2.05, 4.69) is 0 Å². The number of phenolic OH excluding ortho intramolecular Hbond substituents is 9. The average Bonchev–Trinajstić information content (AvgIpc) is 3.02. The van der Waals surface area contributed by atoms with Crippen molar-refractivity contribution in [3.05, 3.63) is 53.1 Å². The van der Waals surface area contributed by atoms with Gasteiger partial charge in [0.05, 0.1) is 16.7 Å². The van der Waals surface area contributed by atoms with Gasteiger partial charge >= 0.3 is 17.9 Å². The molecule has 3 aromatic rings. The summed E-state index contributed by atoms with van der Waals surface area (Å²) in [6.07, 6.45) is -8.83. The molecule has 0 aromatic heterocycles. The van der Waals surface area contributed by atoms with Crippen molar-refractivity contribution in [2.24, 2.45) is 0 Å². The number of aromatic hydroxyl groups is 9. The molecule has 1 heterocycles. The van der Waals surface area contributed by atoms with E-state index >= 15 is 0 Å². The van der Waals surface area contributed by atoms with Gasteiger partial charge in [0.15, 0.2) is 64.0 Å². The third-order valence-electron chi connectivity index (χ3n) is 6.85. The number of rotatable bonds is 8. The van der Waals surface area contributed by atoms with Crippen LogP contribution in [0, 0.1) is 0 Å². The molecule has 1 saturated heterocycles.